The Balaban J connectivity index is 2.73. The fourth-order valence-corrected chi connectivity index (χ4v) is 1.81. The molecular formula is C9H12N2O3S. The van der Waals surface area contributed by atoms with E-state index in [2.05, 4.69) is 4.72 Å². The van der Waals surface area contributed by atoms with Crippen molar-refractivity contribution in [3.05, 3.63) is 35.9 Å². The molecule has 0 atom stereocenters. The van der Waals surface area contributed by atoms with Crippen LogP contribution in [-0.2, 0) is 10.2 Å². The van der Waals surface area contributed by atoms with Crippen LogP contribution in [0.1, 0.15) is 17.3 Å². The number of amides is 1. The molecule has 82 valence electrons. The van der Waals surface area contributed by atoms with Crippen LogP contribution in [0.2, 0.25) is 0 Å². The summed E-state index contributed by atoms with van der Waals surface area (Å²) in [6, 6.07) is 8.15. The number of hydrogen-bond acceptors (Lipinski definition) is 3. The van der Waals surface area contributed by atoms with E-state index in [9.17, 15) is 13.2 Å². The Kier molecular flexibility index (Phi) is 3.81. The first-order valence-corrected chi connectivity index (χ1v) is 5.90. The molecule has 1 aromatic rings. The largest absolute Gasteiger partial charge is 0.301 e. The number of hydrogen-bond donors (Lipinski definition) is 2. The first kappa shape index (κ1) is 11.7. The Morgan fingerprint density at radius 1 is 1.27 bits per heavy atom. The first-order valence-electron chi connectivity index (χ1n) is 4.42. The van der Waals surface area contributed by atoms with Gasteiger partial charge in [-0.2, -0.15) is 13.1 Å². The van der Waals surface area contributed by atoms with Gasteiger partial charge in [-0.3, -0.25) is 4.79 Å². The molecule has 0 fully saturated rings. The van der Waals surface area contributed by atoms with Gasteiger partial charge in [0.2, 0.25) is 0 Å². The summed E-state index contributed by atoms with van der Waals surface area (Å²) in [7, 11) is -3.73. The first-order chi connectivity index (χ1) is 7.05. The van der Waals surface area contributed by atoms with Crippen LogP contribution in [-0.4, -0.2) is 20.9 Å². The van der Waals surface area contributed by atoms with Gasteiger partial charge in [-0.05, 0) is 12.1 Å². The Morgan fingerprint density at radius 3 is 2.40 bits per heavy atom. The van der Waals surface area contributed by atoms with E-state index in [-0.39, 0.29) is 6.54 Å². The summed E-state index contributed by atoms with van der Waals surface area (Å²) in [5.41, 5.74) is 0.305. The lowest BCUT2D eigenvalue weighted by molar-refractivity contribution is 0.0981. The summed E-state index contributed by atoms with van der Waals surface area (Å²) in [6.07, 6.45) is 0. The van der Waals surface area contributed by atoms with Gasteiger partial charge < -0.3 is 0 Å². The molecule has 0 spiro atoms. The van der Waals surface area contributed by atoms with E-state index in [0.29, 0.717) is 5.56 Å². The molecule has 2 N–H and O–H groups in total. The van der Waals surface area contributed by atoms with E-state index < -0.39 is 16.1 Å². The van der Waals surface area contributed by atoms with Crippen molar-refractivity contribution in [1.29, 1.82) is 0 Å². The molecule has 0 bridgehead atoms. The molecule has 5 nitrogen and oxygen atoms in total. The van der Waals surface area contributed by atoms with Crippen LogP contribution in [0, 0.1) is 0 Å². The number of rotatable bonds is 4. The van der Waals surface area contributed by atoms with Crippen LogP contribution in [0.3, 0.4) is 0 Å². The normalized spacial score (nSPS) is 11.0. The Labute approximate surface area is 88.7 Å². The van der Waals surface area contributed by atoms with Gasteiger partial charge in [0, 0.05) is 12.1 Å². The maximum atomic E-state index is 11.4. The van der Waals surface area contributed by atoms with Crippen molar-refractivity contribution in [1.82, 2.24) is 9.44 Å². The Hall–Kier alpha value is -1.40. The minimum absolute atomic E-state index is 0.234. The van der Waals surface area contributed by atoms with E-state index in [1.54, 1.807) is 25.1 Å². The molecule has 0 aromatic heterocycles. The highest BCUT2D eigenvalue weighted by atomic mass is 32.2. The zero-order valence-corrected chi connectivity index (χ0v) is 9.04. The Bertz CT molecular complexity index is 428. The highest BCUT2D eigenvalue weighted by Crippen LogP contribution is 1.98. The van der Waals surface area contributed by atoms with Crippen LogP contribution in [0.5, 0.6) is 0 Å². The van der Waals surface area contributed by atoms with Gasteiger partial charge in [0.15, 0.2) is 0 Å². The molecule has 0 aliphatic rings. The van der Waals surface area contributed by atoms with Crippen LogP contribution < -0.4 is 9.44 Å². The van der Waals surface area contributed by atoms with Crippen LogP contribution in [0.25, 0.3) is 0 Å². The maximum Gasteiger partial charge on any atom is 0.301 e. The molecule has 0 saturated heterocycles. The summed E-state index contributed by atoms with van der Waals surface area (Å²) < 4.78 is 26.4. The predicted octanol–water partition coefficient (Wildman–Crippen LogP) is 0.271. The van der Waals surface area contributed by atoms with Crippen LogP contribution in [0.15, 0.2) is 30.3 Å². The molecule has 0 unspecified atom stereocenters. The van der Waals surface area contributed by atoms with Crippen LogP contribution >= 0.6 is 0 Å². The third-order valence-corrected chi connectivity index (χ3v) is 2.72. The summed E-state index contributed by atoms with van der Waals surface area (Å²) in [5.74, 6) is -0.642. The van der Waals surface area contributed by atoms with Crippen molar-refractivity contribution in [3.8, 4) is 0 Å². The molecule has 0 radical (unpaired) electrons. The average Bonchev–Trinajstić information content (AvgIpc) is 2.18. The van der Waals surface area contributed by atoms with E-state index >= 15 is 0 Å². The van der Waals surface area contributed by atoms with E-state index in [1.807, 2.05) is 4.72 Å². The second kappa shape index (κ2) is 4.90. The van der Waals surface area contributed by atoms with Gasteiger partial charge in [-0.25, -0.2) is 4.72 Å². The van der Waals surface area contributed by atoms with Crippen molar-refractivity contribution in [2.24, 2.45) is 0 Å². The number of benzene rings is 1. The van der Waals surface area contributed by atoms with Crippen molar-refractivity contribution in [2.45, 2.75) is 6.92 Å². The van der Waals surface area contributed by atoms with E-state index in [0.717, 1.165) is 0 Å². The Morgan fingerprint density at radius 2 is 1.87 bits per heavy atom. The highest BCUT2D eigenvalue weighted by molar-refractivity contribution is 7.88. The van der Waals surface area contributed by atoms with Crippen molar-refractivity contribution in [3.63, 3.8) is 0 Å². The van der Waals surface area contributed by atoms with Crippen molar-refractivity contribution in [2.75, 3.05) is 6.54 Å². The highest BCUT2D eigenvalue weighted by Gasteiger charge is 2.13. The standard InChI is InChI=1S/C9H12N2O3S/c1-2-10-15(13,14)11-9(12)8-6-4-3-5-7-8/h3-7,10H,2H2,1H3,(H,11,12). The fraction of sp³-hybridized carbons (Fsp3) is 0.222. The summed E-state index contributed by atoms with van der Waals surface area (Å²) in [6.45, 7) is 1.86. The second-order valence-corrected chi connectivity index (χ2v) is 4.30. The van der Waals surface area contributed by atoms with Crippen molar-refractivity contribution >= 4 is 16.1 Å². The van der Waals surface area contributed by atoms with Gasteiger partial charge in [0.25, 0.3) is 5.91 Å². The molecule has 0 heterocycles. The SMILES string of the molecule is CCNS(=O)(=O)NC(=O)c1ccccc1. The van der Waals surface area contributed by atoms with Gasteiger partial charge in [-0.15, -0.1) is 0 Å². The maximum absolute atomic E-state index is 11.4. The molecule has 0 aliphatic heterocycles. The number of nitrogens with one attached hydrogen (secondary N) is 2. The number of carbonyl (C=O) groups is 1. The third kappa shape index (κ3) is 3.69. The molecule has 1 rings (SSSR count). The minimum atomic E-state index is -3.73. The number of carbonyl (C=O) groups excluding carboxylic acids is 1. The average molecular weight is 228 g/mol. The zero-order chi connectivity index (χ0) is 11.3. The lowest BCUT2D eigenvalue weighted by Crippen LogP contribution is -2.40. The molecule has 15 heavy (non-hydrogen) atoms. The molecule has 1 amide bonds. The van der Waals surface area contributed by atoms with Gasteiger partial charge in [0.1, 0.15) is 0 Å². The lowest BCUT2D eigenvalue weighted by Gasteiger charge is -2.05. The van der Waals surface area contributed by atoms with Gasteiger partial charge in [0.05, 0.1) is 0 Å². The molecular weight excluding hydrogens is 216 g/mol. The van der Waals surface area contributed by atoms with Gasteiger partial charge >= 0.3 is 10.2 Å². The molecule has 1 aromatic carbocycles. The third-order valence-electron chi connectivity index (χ3n) is 1.60. The van der Waals surface area contributed by atoms with Crippen molar-refractivity contribution < 1.29 is 13.2 Å². The van der Waals surface area contributed by atoms with E-state index in [1.165, 1.54) is 12.1 Å². The topological polar surface area (TPSA) is 75.3 Å². The predicted molar refractivity (Wildman–Crippen MR) is 56.5 cm³/mol. The molecule has 0 aliphatic carbocycles. The quantitative estimate of drug-likeness (QED) is 0.776. The summed E-state index contributed by atoms with van der Waals surface area (Å²) >= 11 is 0. The minimum Gasteiger partial charge on any atom is -0.268 e. The summed E-state index contributed by atoms with van der Waals surface area (Å²) in [4.78, 5) is 11.4. The summed E-state index contributed by atoms with van der Waals surface area (Å²) in [5, 5.41) is 0. The monoisotopic (exact) mass is 228 g/mol. The zero-order valence-electron chi connectivity index (χ0n) is 8.23. The fourth-order valence-electron chi connectivity index (χ4n) is 0.997. The van der Waals surface area contributed by atoms with E-state index in [4.69, 9.17) is 0 Å². The smallest absolute Gasteiger partial charge is 0.268 e. The molecule has 0 saturated carbocycles. The molecule has 6 heteroatoms. The second-order valence-electron chi connectivity index (χ2n) is 2.80. The lowest BCUT2D eigenvalue weighted by atomic mass is 10.2. The van der Waals surface area contributed by atoms with Crippen LogP contribution in [0.4, 0.5) is 0 Å². The van der Waals surface area contributed by atoms with Gasteiger partial charge in [-0.1, -0.05) is 25.1 Å².